The molecule has 1 aromatic rings. The topological polar surface area (TPSA) is 0 Å². The fourth-order valence-electron chi connectivity index (χ4n) is 3.19. The van der Waals surface area contributed by atoms with E-state index in [2.05, 4.69) is 0 Å². The Morgan fingerprint density at radius 2 is 1.36 bits per heavy atom. The van der Waals surface area contributed by atoms with E-state index in [9.17, 15) is 26.3 Å². The van der Waals surface area contributed by atoms with Gasteiger partial charge in [-0.3, -0.25) is 0 Å². The minimum absolute atomic E-state index is 0.0957. The van der Waals surface area contributed by atoms with E-state index in [-0.39, 0.29) is 18.8 Å². The van der Waals surface area contributed by atoms with Gasteiger partial charge in [-0.15, -0.1) is 0 Å². The van der Waals surface area contributed by atoms with Crippen LogP contribution in [0.15, 0.2) is 18.2 Å². The maximum atomic E-state index is 13.0. The lowest BCUT2D eigenvalue weighted by molar-refractivity contribution is -0.350. The number of rotatable bonds is 1. The minimum atomic E-state index is -5.25. The zero-order valence-corrected chi connectivity index (χ0v) is 12.4. The standard InChI is InChI=1S/C16H18F6/c1-10-3-4-13(9-11(10)2)12-5-7-14(8-6-12,15(17,18)19)16(20,21)22/h3-4,9,12H,5-8H2,1-2H3. The molecule has 1 saturated carbocycles. The number of alkyl halides is 6. The summed E-state index contributed by atoms with van der Waals surface area (Å²) in [6, 6.07) is 5.54. The molecule has 0 nitrogen and oxygen atoms in total. The van der Waals surface area contributed by atoms with Crippen LogP contribution < -0.4 is 0 Å². The molecule has 0 heterocycles. The van der Waals surface area contributed by atoms with Crippen LogP contribution in [0.3, 0.4) is 0 Å². The van der Waals surface area contributed by atoms with Gasteiger partial charge in [0.05, 0.1) is 0 Å². The average molecular weight is 324 g/mol. The van der Waals surface area contributed by atoms with Gasteiger partial charge in [0.15, 0.2) is 5.41 Å². The highest BCUT2D eigenvalue weighted by molar-refractivity contribution is 5.32. The monoisotopic (exact) mass is 324 g/mol. The molecule has 0 radical (unpaired) electrons. The van der Waals surface area contributed by atoms with Gasteiger partial charge in [-0.25, -0.2) is 0 Å². The second-order valence-electron chi connectivity index (χ2n) is 6.20. The minimum Gasteiger partial charge on any atom is -0.170 e. The van der Waals surface area contributed by atoms with E-state index in [1.165, 1.54) is 0 Å². The molecular weight excluding hydrogens is 306 g/mol. The molecule has 0 spiro atoms. The Balaban J connectivity index is 2.22. The van der Waals surface area contributed by atoms with E-state index in [1.807, 2.05) is 26.0 Å². The molecule has 0 unspecified atom stereocenters. The molecular formula is C16H18F6. The molecule has 0 aromatic heterocycles. The van der Waals surface area contributed by atoms with Crippen LogP contribution in [0.25, 0.3) is 0 Å². The molecule has 22 heavy (non-hydrogen) atoms. The summed E-state index contributed by atoms with van der Waals surface area (Å²) in [7, 11) is 0. The number of hydrogen-bond acceptors (Lipinski definition) is 0. The van der Waals surface area contributed by atoms with Crippen LogP contribution in [0.5, 0.6) is 0 Å². The summed E-state index contributed by atoms with van der Waals surface area (Å²) in [5.41, 5.74) is -0.655. The Morgan fingerprint density at radius 3 is 1.77 bits per heavy atom. The van der Waals surface area contributed by atoms with Crippen LogP contribution in [0.2, 0.25) is 0 Å². The van der Waals surface area contributed by atoms with E-state index in [4.69, 9.17) is 0 Å². The van der Waals surface area contributed by atoms with Crippen LogP contribution in [-0.2, 0) is 0 Å². The van der Waals surface area contributed by atoms with Gasteiger partial charge in [0.1, 0.15) is 0 Å². The third kappa shape index (κ3) is 2.84. The van der Waals surface area contributed by atoms with Gasteiger partial charge in [-0.05, 0) is 62.1 Å². The number of hydrogen-bond donors (Lipinski definition) is 0. The van der Waals surface area contributed by atoms with E-state index in [0.29, 0.717) is 0 Å². The first kappa shape index (κ1) is 17.2. The Morgan fingerprint density at radius 1 is 0.864 bits per heavy atom. The maximum Gasteiger partial charge on any atom is 0.403 e. The molecule has 0 N–H and O–H groups in total. The van der Waals surface area contributed by atoms with Crippen molar-refractivity contribution in [3.8, 4) is 0 Å². The molecule has 124 valence electrons. The first-order chi connectivity index (χ1) is 9.98. The van der Waals surface area contributed by atoms with Gasteiger partial charge in [-0.1, -0.05) is 18.2 Å². The molecule has 0 amide bonds. The highest BCUT2D eigenvalue weighted by Crippen LogP contribution is 2.60. The Kier molecular flexibility index (Phi) is 4.26. The lowest BCUT2D eigenvalue weighted by atomic mass is 9.67. The van der Waals surface area contributed by atoms with Gasteiger partial charge in [0.25, 0.3) is 0 Å². The predicted molar refractivity (Wildman–Crippen MR) is 71.7 cm³/mol. The second kappa shape index (κ2) is 5.46. The summed E-state index contributed by atoms with van der Waals surface area (Å²) >= 11 is 0. The number of halogens is 6. The van der Waals surface area contributed by atoms with Crippen LogP contribution in [-0.4, -0.2) is 12.4 Å². The summed E-state index contributed by atoms with van der Waals surface area (Å²) in [6.45, 7) is 3.80. The van der Waals surface area contributed by atoms with Crippen LogP contribution in [0, 0.1) is 19.3 Å². The van der Waals surface area contributed by atoms with Crippen molar-refractivity contribution in [2.75, 3.05) is 0 Å². The zero-order valence-electron chi connectivity index (χ0n) is 12.4. The summed E-state index contributed by atoms with van der Waals surface area (Å²) in [5, 5.41) is 0. The summed E-state index contributed by atoms with van der Waals surface area (Å²) in [4.78, 5) is 0. The molecule has 1 aliphatic carbocycles. The van der Waals surface area contributed by atoms with Crippen LogP contribution in [0.4, 0.5) is 26.3 Å². The Labute approximate surface area is 125 Å². The fraction of sp³-hybridized carbons (Fsp3) is 0.625. The highest BCUT2D eigenvalue weighted by atomic mass is 19.4. The molecule has 0 aliphatic heterocycles. The van der Waals surface area contributed by atoms with Gasteiger partial charge >= 0.3 is 12.4 Å². The van der Waals surface area contributed by atoms with Crippen molar-refractivity contribution in [2.24, 2.45) is 5.41 Å². The SMILES string of the molecule is Cc1ccc(C2CCC(C(F)(F)F)(C(F)(F)F)CC2)cc1C. The van der Waals surface area contributed by atoms with Crippen LogP contribution in [0.1, 0.15) is 48.3 Å². The lowest BCUT2D eigenvalue weighted by Gasteiger charge is -2.42. The lowest BCUT2D eigenvalue weighted by Crippen LogP contribution is -2.51. The van der Waals surface area contributed by atoms with Crippen molar-refractivity contribution >= 4 is 0 Å². The molecule has 1 fully saturated rings. The Hall–Kier alpha value is -1.20. The van der Waals surface area contributed by atoms with Crippen molar-refractivity contribution in [2.45, 2.75) is 57.8 Å². The zero-order chi connectivity index (χ0) is 16.8. The Bertz CT molecular complexity index is 517. The molecule has 0 bridgehead atoms. The van der Waals surface area contributed by atoms with Crippen molar-refractivity contribution < 1.29 is 26.3 Å². The van der Waals surface area contributed by atoms with Gasteiger partial charge in [0.2, 0.25) is 0 Å². The van der Waals surface area contributed by atoms with Crippen LogP contribution >= 0.6 is 0 Å². The largest absolute Gasteiger partial charge is 0.403 e. The highest BCUT2D eigenvalue weighted by Gasteiger charge is 2.70. The fourth-order valence-corrected chi connectivity index (χ4v) is 3.19. The summed E-state index contributed by atoms with van der Waals surface area (Å²) < 4.78 is 78.1. The molecule has 0 atom stereocenters. The van der Waals surface area contributed by atoms with Crippen molar-refractivity contribution in [1.82, 2.24) is 0 Å². The number of benzene rings is 1. The van der Waals surface area contributed by atoms with Gasteiger partial charge in [-0.2, -0.15) is 26.3 Å². The predicted octanol–water partition coefficient (Wildman–Crippen LogP) is 6.07. The molecule has 2 rings (SSSR count). The van der Waals surface area contributed by atoms with E-state index in [0.717, 1.165) is 16.7 Å². The van der Waals surface area contributed by atoms with Gasteiger partial charge < -0.3 is 0 Å². The quantitative estimate of drug-likeness (QED) is 0.550. The number of aryl methyl sites for hydroxylation is 2. The second-order valence-corrected chi connectivity index (χ2v) is 6.20. The maximum absolute atomic E-state index is 13.0. The van der Waals surface area contributed by atoms with E-state index in [1.54, 1.807) is 6.07 Å². The first-order valence-electron chi connectivity index (χ1n) is 7.18. The average Bonchev–Trinajstić information content (AvgIpc) is 2.39. The van der Waals surface area contributed by atoms with Crippen molar-refractivity contribution in [1.29, 1.82) is 0 Å². The van der Waals surface area contributed by atoms with Crippen molar-refractivity contribution in [3.05, 3.63) is 34.9 Å². The third-order valence-corrected chi connectivity index (χ3v) is 4.93. The normalized spacial score (nSPS) is 20.2. The molecule has 1 aromatic carbocycles. The van der Waals surface area contributed by atoms with Gasteiger partial charge in [0, 0.05) is 0 Å². The molecule has 1 aliphatic rings. The summed E-state index contributed by atoms with van der Waals surface area (Å²) in [6.07, 6.45) is -12.5. The van der Waals surface area contributed by atoms with E-state index >= 15 is 0 Å². The third-order valence-electron chi connectivity index (χ3n) is 4.93. The van der Waals surface area contributed by atoms with Crippen molar-refractivity contribution in [3.63, 3.8) is 0 Å². The molecule has 6 heteroatoms. The smallest absolute Gasteiger partial charge is 0.170 e. The summed E-state index contributed by atoms with van der Waals surface area (Å²) in [5.74, 6) is -0.239. The first-order valence-corrected chi connectivity index (χ1v) is 7.18. The molecule has 0 saturated heterocycles. The van der Waals surface area contributed by atoms with E-state index < -0.39 is 30.6 Å².